The Kier molecular flexibility index (Phi) is 7.29. The first-order chi connectivity index (χ1) is 17.8. The number of hydrogen-bond acceptors (Lipinski definition) is 7. The van der Waals surface area contributed by atoms with Crippen LogP contribution in [0.1, 0.15) is 22.6 Å². The third-order valence-corrected chi connectivity index (χ3v) is 5.73. The number of pyridine rings is 2. The van der Waals surface area contributed by atoms with E-state index < -0.39 is 48.1 Å². The van der Waals surface area contributed by atoms with Gasteiger partial charge in [-0.3, -0.25) is 14.3 Å². The molecule has 9 nitrogen and oxygen atoms in total. The zero-order valence-electron chi connectivity index (χ0n) is 19.7. The first-order valence-electron chi connectivity index (χ1n) is 11.1. The van der Waals surface area contributed by atoms with Crippen LogP contribution < -0.4 is 10.2 Å². The number of nitrogens with one attached hydrogen (secondary N) is 1. The number of hydrogen-bond donors (Lipinski definition) is 1. The van der Waals surface area contributed by atoms with Gasteiger partial charge in [0, 0.05) is 24.8 Å². The topological polar surface area (TPSA) is 102 Å². The van der Waals surface area contributed by atoms with Crippen LogP contribution in [-0.4, -0.2) is 58.0 Å². The highest BCUT2D eigenvalue weighted by atomic mass is 19.4. The van der Waals surface area contributed by atoms with Crippen molar-refractivity contribution in [1.29, 1.82) is 0 Å². The SMILES string of the molecule is COC(=O)C1CCN(c2cnc(C(F)(F)F)c(NC(=O)c3cccc(-c4cnn(CC(F)(F)F)c4)n3)c2)C1. The van der Waals surface area contributed by atoms with Crippen molar-refractivity contribution in [1.82, 2.24) is 19.7 Å². The summed E-state index contributed by atoms with van der Waals surface area (Å²) in [5, 5.41) is 5.80. The maximum absolute atomic E-state index is 13.6. The van der Waals surface area contributed by atoms with Crippen LogP contribution in [0.4, 0.5) is 37.7 Å². The molecule has 1 atom stereocenters. The van der Waals surface area contributed by atoms with Crippen LogP contribution in [0.5, 0.6) is 0 Å². The molecular formula is C23H20F6N6O3. The lowest BCUT2D eigenvalue weighted by Crippen LogP contribution is -2.25. The molecule has 0 aliphatic carbocycles. The van der Waals surface area contributed by atoms with Gasteiger partial charge in [-0.1, -0.05) is 6.07 Å². The summed E-state index contributed by atoms with van der Waals surface area (Å²) in [7, 11) is 1.25. The molecule has 1 saturated heterocycles. The fraction of sp³-hybridized carbons (Fsp3) is 0.348. The van der Waals surface area contributed by atoms with Crippen molar-refractivity contribution in [3.8, 4) is 11.3 Å². The van der Waals surface area contributed by atoms with E-state index in [2.05, 4.69) is 20.4 Å². The van der Waals surface area contributed by atoms with E-state index in [1.165, 1.54) is 25.3 Å². The third-order valence-electron chi connectivity index (χ3n) is 5.73. The van der Waals surface area contributed by atoms with Gasteiger partial charge in [-0.25, -0.2) is 9.97 Å². The molecule has 3 aromatic heterocycles. The molecule has 1 aliphatic rings. The van der Waals surface area contributed by atoms with Gasteiger partial charge in [0.1, 0.15) is 12.2 Å². The summed E-state index contributed by atoms with van der Waals surface area (Å²) < 4.78 is 84.1. The summed E-state index contributed by atoms with van der Waals surface area (Å²) in [5.74, 6) is -1.88. The fourth-order valence-corrected chi connectivity index (χ4v) is 3.98. The predicted molar refractivity (Wildman–Crippen MR) is 121 cm³/mol. The Morgan fingerprint density at radius 3 is 2.61 bits per heavy atom. The molecule has 4 heterocycles. The number of anilines is 2. The van der Waals surface area contributed by atoms with Crippen molar-refractivity contribution in [2.24, 2.45) is 5.92 Å². The Morgan fingerprint density at radius 2 is 1.92 bits per heavy atom. The summed E-state index contributed by atoms with van der Waals surface area (Å²) in [4.78, 5) is 33.9. The number of aromatic nitrogens is 4. The molecule has 0 saturated carbocycles. The molecule has 1 unspecified atom stereocenters. The van der Waals surface area contributed by atoms with Gasteiger partial charge in [0.2, 0.25) is 0 Å². The van der Waals surface area contributed by atoms with E-state index in [9.17, 15) is 35.9 Å². The summed E-state index contributed by atoms with van der Waals surface area (Å²) in [6.07, 6.45) is -5.72. The van der Waals surface area contributed by atoms with Crippen LogP contribution in [0.3, 0.4) is 0 Å². The molecule has 3 aromatic rings. The summed E-state index contributed by atoms with van der Waals surface area (Å²) in [5.41, 5.74) is -1.69. The van der Waals surface area contributed by atoms with Crippen molar-refractivity contribution >= 4 is 23.3 Å². The molecule has 1 fully saturated rings. The average Bonchev–Trinajstić information content (AvgIpc) is 3.52. The predicted octanol–water partition coefficient (Wildman–Crippen LogP) is 4.17. The lowest BCUT2D eigenvalue weighted by atomic mass is 10.1. The molecule has 4 rings (SSSR count). The lowest BCUT2D eigenvalue weighted by Gasteiger charge is -2.21. The Bertz CT molecular complexity index is 1340. The second-order valence-electron chi connectivity index (χ2n) is 8.45. The molecule has 1 N–H and O–H groups in total. The summed E-state index contributed by atoms with van der Waals surface area (Å²) in [6, 6.07) is 5.15. The second-order valence-corrected chi connectivity index (χ2v) is 8.45. The lowest BCUT2D eigenvalue weighted by molar-refractivity contribution is -0.145. The van der Waals surface area contributed by atoms with Gasteiger partial charge in [-0.2, -0.15) is 31.4 Å². The van der Waals surface area contributed by atoms with E-state index in [0.29, 0.717) is 17.6 Å². The minimum Gasteiger partial charge on any atom is -0.469 e. The smallest absolute Gasteiger partial charge is 0.435 e. The number of amides is 1. The minimum atomic E-state index is -4.89. The van der Waals surface area contributed by atoms with Crippen LogP contribution in [0, 0.1) is 5.92 Å². The number of esters is 1. The maximum Gasteiger partial charge on any atom is 0.435 e. The molecule has 0 aromatic carbocycles. The first kappa shape index (κ1) is 26.9. The fourth-order valence-electron chi connectivity index (χ4n) is 3.98. The summed E-state index contributed by atoms with van der Waals surface area (Å²) >= 11 is 0. The van der Waals surface area contributed by atoms with E-state index in [1.54, 1.807) is 4.90 Å². The van der Waals surface area contributed by atoms with Crippen LogP contribution >= 0.6 is 0 Å². The van der Waals surface area contributed by atoms with Crippen molar-refractivity contribution in [3.05, 3.63) is 54.2 Å². The zero-order chi connectivity index (χ0) is 27.7. The van der Waals surface area contributed by atoms with Crippen molar-refractivity contribution in [2.75, 3.05) is 30.4 Å². The largest absolute Gasteiger partial charge is 0.469 e. The third kappa shape index (κ3) is 6.20. The second kappa shape index (κ2) is 10.3. The Labute approximate surface area is 211 Å². The molecule has 0 spiro atoms. The van der Waals surface area contributed by atoms with Gasteiger partial charge < -0.3 is 15.0 Å². The van der Waals surface area contributed by atoms with Gasteiger partial charge >= 0.3 is 18.3 Å². The van der Waals surface area contributed by atoms with Gasteiger partial charge in [-0.05, 0) is 24.6 Å². The zero-order valence-corrected chi connectivity index (χ0v) is 19.7. The van der Waals surface area contributed by atoms with E-state index in [-0.39, 0.29) is 29.2 Å². The molecule has 15 heteroatoms. The van der Waals surface area contributed by atoms with E-state index in [1.807, 2.05) is 0 Å². The van der Waals surface area contributed by atoms with Gasteiger partial charge in [0.15, 0.2) is 5.69 Å². The number of carbonyl (C=O) groups is 2. The van der Waals surface area contributed by atoms with Crippen LogP contribution in [-0.2, 0) is 22.3 Å². The Morgan fingerprint density at radius 1 is 1.16 bits per heavy atom. The highest BCUT2D eigenvalue weighted by Crippen LogP contribution is 2.36. The van der Waals surface area contributed by atoms with Crippen LogP contribution in [0.15, 0.2) is 42.9 Å². The Hall–Kier alpha value is -4.17. The average molecular weight is 542 g/mol. The summed E-state index contributed by atoms with van der Waals surface area (Å²) in [6.45, 7) is -0.751. The number of nitrogens with zero attached hydrogens (tertiary/aromatic N) is 5. The molecule has 38 heavy (non-hydrogen) atoms. The van der Waals surface area contributed by atoms with E-state index >= 15 is 0 Å². The first-order valence-corrected chi connectivity index (χ1v) is 11.1. The van der Waals surface area contributed by atoms with Gasteiger partial charge in [0.05, 0.1) is 42.5 Å². The molecule has 1 aliphatic heterocycles. The maximum atomic E-state index is 13.6. The van der Waals surface area contributed by atoms with Crippen molar-refractivity contribution in [3.63, 3.8) is 0 Å². The number of ether oxygens (including phenoxy) is 1. The number of carbonyl (C=O) groups excluding carboxylic acids is 2. The van der Waals surface area contributed by atoms with Crippen LogP contribution in [0.2, 0.25) is 0 Å². The van der Waals surface area contributed by atoms with E-state index in [4.69, 9.17) is 4.74 Å². The molecule has 1 amide bonds. The monoisotopic (exact) mass is 542 g/mol. The molecular weight excluding hydrogens is 522 g/mol. The quantitative estimate of drug-likeness (QED) is 0.369. The number of alkyl halides is 6. The molecule has 202 valence electrons. The molecule has 0 radical (unpaired) electrons. The molecule has 0 bridgehead atoms. The van der Waals surface area contributed by atoms with Crippen LogP contribution in [0.25, 0.3) is 11.3 Å². The normalized spacial score (nSPS) is 16.0. The number of halogens is 6. The Balaban J connectivity index is 1.57. The minimum absolute atomic E-state index is 0.0971. The van der Waals surface area contributed by atoms with E-state index in [0.717, 1.165) is 24.7 Å². The number of rotatable bonds is 6. The highest BCUT2D eigenvalue weighted by Gasteiger charge is 2.37. The van der Waals surface area contributed by atoms with Crippen molar-refractivity contribution in [2.45, 2.75) is 25.3 Å². The van der Waals surface area contributed by atoms with Gasteiger partial charge in [-0.15, -0.1) is 0 Å². The highest BCUT2D eigenvalue weighted by molar-refractivity contribution is 6.03. The van der Waals surface area contributed by atoms with Crippen molar-refractivity contribution < 1.29 is 40.7 Å². The standard InChI is InChI=1S/C23H20F6N6O3/c1-38-21(37)13-5-6-34(10-13)15-7-18(19(30-9-15)23(27,28)29)33-20(36)17-4-2-3-16(32-17)14-8-31-35(11-14)12-22(24,25)26/h2-4,7-9,11,13H,5-6,10,12H2,1H3,(H,33,36). The number of methoxy groups -OCH3 is 1. The van der Waals surface area contributed by atoms with Gasteiger partial charge in [0.25, 0.3) is 5.91 Å².